The van der Waals surface area contributed by atoms with Crippen LogP contribution in [0, 0.1) is 6.92 Å². The fraction of sp³-hybridized carbons (Fsp3) is 0.357. The lowest BCUT2D eigenvalue weighted by atomic mass is 10.3. The minimum atomic E-state index is -0.415. The van der Waals surface area contributed by atoms with Crippen LogP contribution in [0.5, 0.6) is 0 Å². The summed E-state index contributed by atoms with van der Waals surface area (Å²) in [5.74, 6) is -0.150. The van der Waals surface area contributed by atoms with Gasteiger partial charge >= 0.3 is 0 Å². The zero-order valence-electron chi connectivity index (χ0n) is 11.5. The van der Waals surface area contributed by atoms with Gasteiger partial charge in [-0.05, 0) is 32.4 Å². The molecular formula is C14H17N3O2S. The van der Waals surface area contributed by atoms with Crippen molar-refractivity contribution < 1.29 is 9.90 Å². The summed E-state index contributed by atoms with van der Waals surface area (Å²) in [5, 5.41) is 12.7. The zero-order valence-corrected chi connectivity index (χ0v) is 12.3. The molecule has 1 unspecified atom stereocenters. The highest BCUT2D eigenvalue weighted by Crippen LogP contribution is 2.26. The molecule has 6 heteroatoms. The highest BCUT2D eigenvalue weighted by Gasteiger charge is 2.16. The standard InChI is InChI=1S/C14H17N3O2S/c1-9(18)6-8-16-13(19)12-10(2)17-14(20-12)11-5-3-4-7-15-11/h3-5,7,9,18H,6,8H2,1-2H3,(H,16,19). The van der Waals surface area contributed by atoms with Crippen LogP contribution in [0.3, 0.4) is 0 Å². The van der Waals surface area contributed by atoms with Crippen LogP contribution in [0.1, 0.15) is 28.7 Å². The van der Waals surface area contributed by atoms with Crippen LogP contribution in [-0.4, -0.2) is 33.6 Å². The normalized spacial score (nSPS) is 12.2. The molecule has 2 heterocycles. The first-order valence-electron chi connectivity index (χ1n) is 6.43. The van der Waals surface area contributed by atoms with E-state index in [9.17, 15) is 9.90 Å². The Morgan fingerprint density at radius 2 is 2.30 bits per heavy atom. The van der Waals surface area contributed by atoms with E-state index in [0.717, 1.165) is 10.7 Å². The molecular weight excluding hydrogens is 274 g/mol. The molecule has 0 saturated heterocycles. The van der Waals surface area contributed by atoms with E-state index >= 15 is 0 Å². The van der Waals surface area contributed by atoms with Gasteiger partial charge in [0.1, 0.15) is 9.88 Å². The fourth-order valence-corrected chi connectivity index (χ4v) is 2.64. The number of thiazole rings is 1. The highest BCUT2D eigenvalue weighted by atomic mass is 32.1. The first-order chi connectivity index (χ1) is 9.58. The Morgan fingerprint density at radius 1 is 1.50 bits per heavy atom. The maximum atomic E-state index is 12.0. The summed E-state index contributed by atoms with van der Waals surface area (Å²) in [6, 6.07) is 5.60. The van der Waals surface area contributed by atoms with Gasteiger partial charge in [-0.2, -0.15) is 0 Å². The summed E-state index contributed by atoms with van der Waals surface area (Å²) in [4.78, 5) is 21.3. The number of nitrogens with one attached hydrogen (secondary N) is 1. The van der Waals surface area contributed by atoms with Crippen molar-refractivity contribution in [3.8, 4) is 10.7 Å². The molecule has 0 aliphatic carbocycles. The van der Waals surface area contributed by atoms with Gasteiger partial charge in [0.25, 0.3) is 5.91 Å². The Hall–Kier alpha value is -1.79. The number of hydrogen-bond acceptors (Lipinski definition) is 5. The van der Waals surface area contributed by atoms with Gasteiger partial charge in [-0.1, -0.05) is 6.07 Å². The van der Waals surface area contributed by atoms with Gasteiger partial charge in [-0.3, -0.25) is 9.78 Å². The number of rotatable bonds is 5. The summed E-state index contributed by atoms with van der Waals surface area (Å²) in [6.45, 7) is 3.96. The largest absolute Gasteiger partial charge is 0.393 e. The molecule has 106 valence electrons. The number of aromatic nitrogens is 2. The Balaban J connectivity index is 2.10. The molecule has 20 heavy (non-hydrogen) atoms. The molecule has 0 spiro atoms. The van der Waals surface area contributed by atoms with Crippen LogP contribution in [-0.2, 0) is 0 Å². The summed E-state index contributed by atoms with van der Waals surface area (Å²) in [5.41, 5.74) is 1.47. The maximum absolute atomic E-state index is 12.0. The predicted octanol–water partition coefficient (Wildman–Crippen LogP) is 2.01. The summed E-state index contributed by atoms with van der Waals surface area (Å²) in [7, 11) is 0. The molecule has 0 fully saturated rings. The van der Waals surface area contributed by atoms with E-state index in [4.69, 9.17) is 0 Å². The third-order valence-corrected chi connectivity index (χ3v) is 3.91. The topological polar surface area (TPSA) is 75.1 Å². The second kappa shape index (κ2) is 6.58. The Kier molecular flexibility index (Phi) is 4.81. The highest BCUT2D eigenvalue weighted by molar-refractivity contribution is 7.17. The van der Waals surface area contributed by atoms with Crippen LogP contribution in [0.4, 0.5) is 0 Å². The molecule has 1 atom stereocenters. The first kappa shape index (κ1) is 14.6. The lowest BCUT2D eigenvalue weighted by molar-refractivity contribution is 0.0949. The molecule has 2 aromatic rings. The van der Waals surface area contributed by atoms with Crippen molar-refractivity contribution in [3.63, 3.8) is 0 Å². The molecule has 0 aromatic carbocycles. The van der Waals surface area contributed by atoms with Crippen molar-refractivity contribution in [1.29, 1.82) is 0 Å². The van der Waals surface area contributed by atoms with Crippen molar-refractivity contribution >= 4 is 17.2 Å². The Labute approximate surface area is 121 Å². The monoisotopic (exact) mass is 291 g/mol. The molecule has 2 aromatic heterocycles. The number of carbonyl (C=O) groups excluding carboxylic acids is 1. The molecule has 0 aliphatic heterocycles. The van der Waals surface area contributed by atoms with E-state index in [-0.39, 0.29) is 5.91 Å². The van der Waals surface area contributed by atoms with E-state index < -0.39 is 6.10 Å². The average Bonchev–Trinajstić information content (AvgIpc) is 2.81. The zero-order chi connectivity index (χ0) is 14.5. The lowest BCUT2D eigenvalue weighted by Gasteiger charge is -2.05. The number of aliphatic hydroxyl groups excluding tert-OH is 1. The van der Waals surface area contributed by atoms with Gasteiger partial charge in [0.15, 0.2) is 0 Å². The van der Waals surface area contributed by atoms with Gasteiger partial charge in [0.2, 0.25) is 0 Å². The van der Waals surface area contributed by atoms with Crippen molar-refractivity contribution in [3.05, 3.63) is 35.0 Å². The first-order valence-corrected chi connectivity index (χ1v) is 7.24. The van der Waals surface area contributed by atoms with Crippen LogP contribution in [0.25, 0.3) is 10.7 Å². The summed E-state index contributed by atoms with van der Waals surface area (Å²) >= 11 is 1.33. The van der Waals surface area contributed by atoms with E-state index in [0.29, 0.717) is 23.5 Å². The van der Waals surface area contributed by atoms with Gasteiger partial charge < -0.3 is 10.4 Å². The van der Waals surface area contributed by atoms with Crippen LogP contribution in [0.2, 0.25) is 0 Å². The molecule has 0 aliphatic rings. The Morgan fingerprint density at radius 3 is 2.95 bits per heavy atom. The molecule has 0 saturated carbocycles. The van der Waals surface area contributed by atoms with Crippen LogP contribution in [0.15, 0.2) is 24.4 Å². The number of carbonyl (C=O) groups is 1. The number of nitrogens with zero attached hydrogens (tertiary/aromatic N) is 2. The third-order valence-electron chi connectivity index (χ3n) is 2.73. The summed E-state index contributed by atoms with van der Waals surface area (Å²) < 4.78 is 0. The van der Waals surface area contributed by atoms with Crippen molar-refractivity contribution in [2.75, 3.05) is 6.54 Å². The third kappa shape index (κ3) is 3.61. The number of hydrogen-bond donors (Lipinski definition) is 2. The quantitative estimate of drug-likeness (QED) is 0.883. The average molecular weight is 291 g/mol. The number of aryl methyl sites for hydroxylation is 1. The maximum Gasteiger partial charge on any atom is 0.263 e. The van der Waals surface area contributed by atoms with E-state index in [2.05, 4.69) is 15.3 Å². The minimum absolute atomic E-state index is 0.150. The van der Waals surface area contributed by atoms with E-state index in [1.54, 1.807) is 13.1 Å². The lowest BCUT2D eigenvalue weighted by Crippen LogP contribution is -2.26. The van der Waals surface area contributed by atoms with Gasteiger partial charge in [-0.15, -0.1) is 11.3 Å². The number of aliphatic hydroxyl groups is 1. The SMILES string of the molecule is Cc1nc(-c2ccccn2)sc1C(=O)NCCC(C)O. The smallest absolute Gasteiger partial charge is 0.263 e. The second-order valence-corrected chi connectivity index (χ2v) is 5.54. The van der Waals surface area contributed by atoms with Gasteiger partial charge in [0, 0.05) is 12.7 Å². The second-order valence-electron chi connectivity index (χ2n) is 4.54. The number of pyridine rings is 1. The van der Waals surface area contributed by atoms with Crippen molar-refractivity contribution in [2.24, 2.45) is 0 Å². The van der Waals surface area contributed by atoms with Gasteiger partial charge in [-0.25, -0.2) is 4.98 Å². The molecule has 5 nitrogen and oxygen atoms in total. The van der Waals surface area contributed by atoms with Crippen molar-refractivity contribution in [2.45, 2.75) is 26.4 Å². The minimum Gasteiger partial charge on any atom is -0.393 e. The fourth-order valence-electron chi connectivity index (χ4n) is 1.68. The van der Waals surface area contributed by atoms with E-state index in [1.807, 2.05) is 25.1 Å². The van der Waals surface area contributed by atoms with E-state index in [1.165, 1.54) is 11.3 Å². The summed E-state index contributed by atoms with van der Waals surface area (Å²) in [6.07, 6.45) is 1.83. The predicted molar refractivity (Wildman–Crippen MR) is 78.7 cm³/mol. The molecule has 2 rings (SSSR count). The van der Waals surface area contributed by atoms with Gasteiger partial charge in [0.05, 0.1) is 17.5 Å². The molecule has 0 radical (unpaired) electrons. The van der Waals surface area contributed by atoms with Crippen LogP contribution >= 0.6 is 11.3 Å². The Bertz CT molecular complexity index is 581. The molecule has 0 bridgehead atoms. The van der Waals surface area contributed by atoms with Crippen molar-refractivity contribution in [1.82, 2.24) is 15.3 Å². The molecule has 1 amide bonds. The molecule has 2 N–H and O–H groups in total. The number of amides is 1. The van der Waals surface area contributed by atoms with Crippen LogP contribution < -0.4 is 5.32 Å².